The summed E-state index contributed by atoms with van der Waals surface area (Å²) in [6, 6.07) is 13.9. The third-order valence-electron chi connectivity index (χ3n) is 3.34. The van der Waals surface area contributed by atoms with Crippen molar-refractivity contribution in [2.75, 3.05) is 6.54 Å². The summed E-state index contributed by atoms with van der Waals surface area (Å²) in [5.41, 5.74) is 1.20. The Labute approximate surface area is 148 Å². The van der Waals surface area contributed by atoms with Crippen LogP contribution in [-0.2, 0) is 11.2 Å². The molecule has 1 aromatic carbocycles. The Hall–Kier alpha value is -2.12. The van der Waals surface area contributed by atoms with E-state index in [-0.39, 0.29) is 11.2 Å². The highest BCUT2D eigenvalue weighted by Gasteiger charge is 2.18. The van der Waals surface area contributed by atoms with E-state index in [9.17, 15) is 4.79 Å². The number of thiophene rings is 1. The van der Waals surface area contributed by atoms with Gasteiger partial charge in [0.15, 0.2) is 0 Å². The van der Waals surface area contributed by atoms with Crippen LogP contribution >= 0.6 is 23.1 Å². The molecule has 0 aliphatic heterocycles. The Bertz CT molecular complexity index is 772. The molecule has 0 fully saturated rings. The highest BCUT2D eigenvalue weighted by atomic mass is 32.2. The first-order valence-corrected chi connectivity index (χ1v) is 9.34. The predicted octanol–water partition coefficient (Wildman–Crippen LogP) is 3.64. The first-order valence-electron chi connectivity index (χ1n) is 7.58. The second-order valence-corrected chi connectivity index (χ2v) is 7.38. The van der Waals surface area contributed by atoms with Gasteiger partial charge in [0.05, 0.1) is 10.1 Å². The summed E-state index contributed by atoms with van der Waals surface area (Å²) < 4.78 is 5.59. The minimum absolute atomic E-state index is 0.0354. The zero-order valence-corrected chi connectivity index (χ0v) is 14.8. The van der Waals surface area contributed by atoms with Crippen molar-refractivity contribution in [3.8, 4) is 10.8 Å². The maximum atomic E-state index is 12.2. The van der Waals surface area contributed by atoms with E-state index in [4.69, 9.17) is 4.42 Å². The lowest BCUT2D eigenvalue weighted by atomic mass is 10.1. The molecular formula is C17H17N3O2S2. The fraction of sp³-hybridized carbons (Fsp3) is 0.235. The van der Waals surface area contributed by atoms with Gasteiger partial charge in [-0.3, -0.25) is 4.79 Å². The van der Waals surface area contributed by atoms with Gasteiger partial charge in [-0.25, -0.2) is 0 Å². The average Bonchev–Trinajstić information content (AvgIpc) is 3.27. The lowest BCUT2D eigenvalue weighted by Gasteiger charge is -2.09. The standard InChI is InChI=1S/C17H17N3O2S2/c1-12(15(21)18-10-9-13-6-3-2-4-7-13)24-17-20-19-16(22-17)14-8-5-11-23-14/h2-8,11-12H,9-10H2,1H3,(H,18,21)/t12-/m1/s1. The molecule has 0 bridgehead atoms. The number of hydrogen-bond donors (Lipinski definition) is 1. The molecule has 2 aromatic heterocycles. The third-order valence-corrected chi connectivity index (χ3v) is 5.13. The van der Waals surface area contributed by atoms with Gasteiger partial charge in [0.25, 0.3) is 11.1 Å². The van der Waals surface area contributed by atoms with Crippen LogP contribution in [0.5, 0.6) is 0 Å². The van der Waals surface area contributed by atoms with Gasteiger partial charge < -0.3 is 9.73 Å². The molecule has 5 nitrogen and oxygen atoms in total. The quantitative estimate of drug-likeness (QED) is 0.652. The number of nitrogens with one attached hydrogen (secondary N) is 1. The number of amides is 1. The number of carbonyl (C=O) groups is 1. The fourth-order valence-corrected chi connectivity index (χ4v) is 3.43. The molecule has 0 saturated heterocycles. The predicted molar refractivity (Wildman–Crippen MR) is 96.1 cm³/mol. The van der Waals surface area contributed by atoms with E-state index in [1.165, 1.54) is 28.7 Å². The summed E-state index contributed by atoms with van der Waals surface area (Å²) in [4.78, 5) is 13.1. The number of nitrogens with zero attached hydrogens (tertiary/aromatic N) is 2. The normalized spacial score (nSPS) is 12.0. The second kappa shape index (κ2) is 8.12. The highest BCUT2D eigenvalue weighted by Crippen LogP contribution is 2.28. The van der Waals surface area contributed by atoms with Crippen LogP contribution in [0.1, 0.15) is 12.5 Å². The maximum Gasteiger partial charge on any atom is 0.277 e. The zero-order chi connectivity index (χ0) is 16.8. The van der Waals surface area contributed by atoms with Gasteiger partial charge in [-0.1, -0.05) is 48.2 Å². The van der Waals surface area contributed by atoms with Gasteiger partial charge in [-0.15, -0.1) is 21.5 Å². The van der Waals surface area contributed by atoms with E-state index in [0.717, 1.165) is 11.3 Å². The van der Waals surface area contributed by atoms with Crippen molar-refractivity contribution >= 4 is 29.0 Å². The van der Waals surface area contributed by atoms with E-state index < -0.39 is 0 Å². The molecule has 24 heavy (non-hydrogen) atoms. The molecule has 0 radical (unpaired) electrons. The second-order valence-electron chi connectivity index (χ2n) is 5.14. The molecule has 1 amide bonds. The SMILES string of the molecule is C[C@@H](Sc1nnc(-c2cccs2)o1)C(=O)NCCc1ccccc1. The third kappa shape index (κ3) is 4.46. The lowest BCUT2D eigenvalue weighted by Crippen LogP contribution is -2.32. The molecule has 2 heterocycles. The van der Waals surface area contributed by atoms with Crippen LogP contribution in [0.2, 0.25) is 0 Å². The molecule has 0 aliphatic rings. The topological polar surface area (TPSA) is 68.0 Å². The van der Waals surface area contributed by atoms with Crippen LogP contribution in [0.4, 0.5) is 0 Å². The summed E-state index contributed by atoms with van der Waals surface area (Å²) in [5, 5.41) is 13.0. The molecule has 1 N–H and O–H groups in total. The molecule has 7 heteroatoms. The Kier molecular flexibility index (Phi) is 5.66. The number of carbonyl (C=O) groups excluding carboxylic acids is 1. The summed E-state index contributed by atoms with van der Waals surface area (Å²) >= 11 is 2.81. The first-order chi connectivity index (χ1) is 11.7. The van der Waals surface area contributed by atoms with E-state index in [1.807, 2.05) is 42.6 Å². The number of thioether (sulfide) groups is 1. The van der Waals surface area contributed by atoms with Crippen LogP contribution in [-0.4, -0.2) is 27.9 Å². The van der Waals surface area contributed by atoms with Gasteiger partial charge in [0, 0.05) is 6.54 Å². The highest BCUT2D eigenvalue weighted by molar-refractivity contribution is 8.00. The molecule has 3 aromatic rings. The molecular weight excluding hydrogens is 342 g/mol. The monoisotopic (exact) mass is 359 g/mol. The smallest absolute Gasteiger partial charge is 0.277 e. The van der Waals surface area contributed by atoms with Crippen LogP contribution in [0.25, 0.3) is 10.8 Å². The van der Waals surface area contributed by atoms with Crippen LogP contribution < -0.4 is 5.32 Å². The number of rotatable bonds is 7. The van der Waals surface area contributed by atoms with Gasteiger partial charge in [-0.05, 0) is 30.4 Å². The fourth-order valence-electron chi connectivity index (χ4n) is 2.08. The van der Waals surface area contributed by atoms with Crippen molar-refractivity contribution in [3.63, 3.8) is 0 Å². The molecule has 0 unspecified atom stereocenters. The van der Waals surface area contributed by atoms with E-state index in [1.54, 1.807) is 0 Å². The van der Waals surface area contributed by atoms with E-state index >= 15 is 0 Å². The van der Waals surface area contributed by atoms with Gasteiger partial charge in [0.1, 0.15) is 0 Å². The van der Waals surface area contributed by atoms with Crippen molar-refractivity contribution in [1.82, 2.24) is 15.5 Å². The summed E-state index contributed by atoms with van der Waals surface area (Å²) in [6.07, 6.45) is 0.813. The zero-order valence-electron chi connectivity index (χ0n) is 13.1. The van der Waals surface area contributed by atoms with Crippen molar-refractivity contribution in [2.45, 2.75) is 23.8 Å². The molecule has 0 aliphatic carbocycles. The maximum absolute atomic E-state index is 12.2. The van der Waals surface area contributed by atoms with Gasteiger partial charge >= 0.3 is 0 Å². The minimum atomic E-state index is -0.294. The Balaban J connectivity index is 1.47. The largest absolute Gasteiger partial charge is 0.410 e. The van der Waals surface area contributed by atoms with Crippen LogP contribution in [0, 0.1) is 0 Å². The van der Waals surface area contributed by atoms with Crippen molar-refractivity contribution < 1.29 is 9.21 Å². The van der Waals surface area contributed by atoms with E-state index in [2.05, 4.69) is 27.6 Å². The van der Waals surface area contributed by atoms with E-state index in [0.29, 0.717) is 17.7 Å². The van der Waals surface area contributed by atoms with Gasteiger partial charge in [0.2, 0.25) is 5.91 Å². The van der Waals surface area contributed by atoms with Crippen molar-refractivity contribution in [3.05, 3.63) is 53.4 Å². The summed E-state index contributed by atoms with van der Waals surface area (Å²) in [7, 11) is 0. The Morgan fingerprint density at radius 1 is 1.25 bits per heavy atom. The van der Waals surface area contributed by atoms with Crippen molar-refractivity contribution in [1.29, 1.82) is 0 Å². The number of benzene rings is 1. The first kappa shape index (κ1) is 16.7. The number of hydrogen-bond acceptors (Lipinski definition) is 6. The van der Waals surface area contributed by atoms with Crippen LogP contribution in [0.15, 0.2) is 57.5 Å². The summed E-state index contributed by atoms with van der Waals surface area (Å²) in [6.45, 7) is 2.44. The molecule has 1 atom stereocenters. The molecule has 3 rings (SSSR count). The Morgan fingerprint density at radius 2 is 2.08 bits per heavy atom. The Morgan fingerprint density at radius 3 is 2.83 bits per heavy atom. The number of aromatic nitrogens is 2. The molecule has 124 valence electrons. The molecule has 0 saturated carbocycles. The van der Waals surface area contributed by atoms with Crippen LogP contribution in [0.3, 0.4) is 0 Å². The van der Waals surface area contributed by atoms with Crippen molar-refractivity contribution in [2.24, 2.45) is 0 Å². The minimum Gasteiger partial charge on any atom is -0.410 e. The lowest BCUT2D eigenvalue weighted by molar-refractivity contribution is -0.120. The van der Waals surface area contributed by atoms with Gasteiger partial charge in [-0.2, -0.15) is 0 Å². The average molecular weight is 359 g/mol. The summed E-state index contributed by atoms with van der Waals surface area (Å²) in [5.74, 6) is 0.455. The molecule has 0 spiro atoms.